The van der Waals surface area contributed by atoms with Crippen molar-refractivity contribution >= 4 is 15.9 Å². The second-order valence-corrected chi connectivity index (χ2v) is 4.24. The van der Waals surface area contributed by atoms with E-state index >= 15 is 0 Å². The van der Waals surface area contributed by atoms with Crippen molar-refractivity contribution in [1.82, 2.24) is 4.57 Å². The van der Waals surface area contributed by atoms with E-state index in [4.69, 9.17) is 0 Å². The first-order chi connectivity index (χ1) is 7.15. The molecule has 0 saturated heterocycles. The molecule has 0 aliphatic rings. The normalized spacial score (nSPS) is 12.7. The third-order valence-corrected chi connectivity index (χ3v) is 2.81. The van der Waals surface area contributed by atoms with Gasteiger partial charge in [-0.3, -0.25) is 4.57 Å². The van der Waals surface area contributed by atoms with Crippen molar-refractivity contribution < 1.29 is 4.42 Å². The minimum Gasteiger partial charge on any atom is -0.373 e. The van der Waals surface area contributed by atoms with Crippen LogP contribution >= 0.6 is 15.9 Å². The highest BCUT2D eigenvalue weighted by molar-refractivity contribution is 9.09. The van der Waals surface area contributed by atoms with Crippen molar-refractivity contribution in [3.8, 4) is 0 Å². The van der Waals surface area contributed by atoms with Crippen LogP contribution in [0.4, 0.5) is 0 Å². The summed E-state index contributed by atoms with van der Waals surface area (Å²) in [5.41, 5.74) is -0.594. The van der Waals surface area contributed by atoms with Crippen molar-refractivity contribution in [1.29, 1.82) is 0 Å². The molecule has 1 aromatic heterocycles. The largest absolute Gasteiger partial charge is 0.422 e. The van der Waals surface area contributed by atoms with Crippen LogP contribution in [0.2, 0.25) is 0 Å². The monoisotopic (exact) mass is 275 g/mol. The maximum Gasteiger partial charge on any atom is 0.422 e. The molecule has 5 heteroatoms. The van der Waals surface area contributed by atoms with Gasteiger partial charge in [0.2, 0.25) is 0 Å². The van der Waals surface area contributed by atoms with Gasteiger partial charge in [0, 0.05) is 23.6 Å². The van der Waals surface area contributed by atoms with E-state index in [1.165, 1.54) is 16.8 Å². The maximum atomic E-state index is 11.3. The molecule has 0 amide bonds. The molecule has 0 radical (unpaired) electrons. The summed E-state index contributed by atoms with van der Waals surface area (Å²) in [6.07, 6.45) is 4.51. The summed E-state index contributed by atoms with van der Waals surface area (Å²) in [6.45, 7) is 1.94. The number of halogens is 1. The number of rotatable bonds is 5. The Morgan fingerprint density at radius 3 is 2.80 bits per heavy atom. The van der Waals surface area contributed by atoms with E-state index in [9.17, 15) is 9.59 Å². The first-order valence-corrected chi connectivity index (χ1v) is 6.05. The lowest BCUT2D eigenvalue weighted by Gasteiger charge is -2.12. The zero-order chi connectivity index (χ0) is 11.3. The highest BCUT2D eigenvalue weighted by Crippen LogP contribution is 2.11. The van der Waals surface area contributed by atoms with E-state index in [1.54, 1.807) is 0 Å². The van der Waals surface area contributed by atoms with Gasteiger partial charge in [-0.2, -0.15) is 0 Å². The smallest absolute Gasteiger partial charge is 0.373 e. The molecule has 0 bridgehead atoms. The van der Waals surface area contributed by atoms with Crippen molar-refractivity contribution in [2.24, 2.45) is 0 Å². The Kier molecular flexibility index (Phi) is 4.81. The van der Waals surface area contributed by atoms with Gasteiger partial charge in [0.15, 0.2) is 0 Å². The van der Waals surface area contributed by atoms with Gasteiger partial charge in [0.25, 0.3) is 0 Å². The quantitative estimate of drug-likeness (QED) is 0.610. The summed E-state index contributed by atoms with van der Waals surface area (Å²) in [5.74, 6) is -0.575. The molecule has 0 N–H and O–H groups in total. The summed E-state index contributed by atoms with van der Waals surface area (Å²) >= 11 is 3.35. The SMILES string of the molecule is CC(CCCCBr)n1ccc(=O)oc1=O. The number of hydrogen-bond donors (Lipinski definition) is 0. The molecule has 15 heavy (non-hydrogen) atoms. The molecule has 0 aliphatic carbocycles. The molecular formula is C10H14BrNO3. The van der Waals surface area contributed by atoms with E-state index in [0.717, 1.165) is 24.6 Å². The summed E-state index contributed by atoms with van der Waals surface area (Å²) in [5, 5.41) is 0.971. The fourth-order valence-electron chi connectivity index (χ4n) is 1.37. The molecule has 4 nitrogen and oxygen atoms in total. The molecular weight excluding hydrogens is 262 g/mol. The Bertz CT molecular complexity index is 410. The predicted octanol–water partition coefficient (Wildman–Crippen LogP) is 1.93. The van der Waals surface area contributed by atoms with E-state index in [2.05, 4.69) is 20.3 Å². The van der Waals surface area contributed by atoms with Crippen LogP contribution in [0.15, 0.2) is 26.3 Å². The molecule has 1 aromatic rings. The van der Waals surface area contributed by atoms with Gasteiger partial charge < -0.3 is 4.42 Å². The second kappa shape index (κ2) is 5.90. The lowest BCUT2D eigenvalue weighted by atomic mass is 10.1. The van der Waals surface area contributed by atoms with Crippen LogP contribution < -0.4 is 11.4 Å². The Morgan fingerprint density at radius 1 is 1.47 bits per heavy atom. The average molecular weight is 276 g/mol. The lowest BCUT2D eigenvalue weighted by Crippen LogP contribution is -2.25. The number of unbranched alkanes of at least 4 members (excludes halogenated alkanes) is 1. The highest BCUT2D eigenvalue weighted by atomic mass is 79.9. The molecule has 0 fully saturated rings. The van der Waals surface area contributed by atoms with Crippen molar-refractivity contribution in [3.05, 3.63) is 33.2 Å². The van der Waals surface area contributed by atoms with Gasteiger partial charge in [0.1, 0.15) is 0 Å². The zero-order valence-electron chi connectivity index (χ0n) is 8.61. The van der Waals surface area contributed by atoms with Crippen molar-refractivity contribution in [2.45, 2.75) is 32.2 Å². The number of aromatic nitrogens is 1. The third kappa shape index (κ3) is 3.66. The lowest BCUT2D eigenvalue weighted by molar-refractivity contribution is 0.359. The van der Waals surface area contributed by atoms with Crippen LogP contribution in [0.1, 0.15) is 32.2 Å². The Labute approximate surface area is 96.0 Å². The molecule has 0 spiro atoms. The summed E-state index contributed by atoms with van der Waals surface area (Å²) in [4.78, 5) is 22.0. The van der Waals surface area contributed by atoms with Crippen LogP contribution in [0, 0.1) is 0 Å². The van der Waals surface area contributed by atoms with Crippen LogP contribution in [-0.2, 0) is 0 Å². The van der Waals surface area contributed by atoms with Gasteiger partial charge in [-0.25, -0.2) is 9.59 Å². The van der Waals surface area contributed by atoms with Gasteiger partial charge in [-0.1, -0.05) is 22.4 Å². The average Bonchev–Trinajstić information content (AvgIpc) is 2.17. The van der Waals surface area contributed by atoms with E-state index in [-0.39, 0.29) is 6.04 Å². The van der Waals surface area contributed by atoms with Crippen LogP contribution in [0.25, 0.3) is 0 Å². The molecule has 1 rings (SSSR count). The third-order valence-electron chi connectivity index (χ3n) is 2.25. The standard InChI is InChI=1S/C10H14BrNO3/c1-8(4-2-3-6-11)12-7-5-9(13)15-10(12)14/h5,7-8H,2-4,6H2,1H3. The summed E-state index contributed by atoms with van der Waals surface area (Å²) < 4.78 is 5.93. The highest BCUT2D eigenvalue weighted by Gasteiger charge is 2.07. The van der Waals surface area contributed by atoms with E-state index in [1.807, 2.05) is 6.92 Å². The molecule has 1 unspecified atom stereocenters. The van der Waals surface area contributed by atoms with E-state index in [0.29, 0.717) is 0 Å². The van der Waals surface area contributed by atoms with Crippen molar-refractivity contribution in [3.63, 3.8) is 0 Å². The number of hydrogen-bond acceptors (Lipinski definition) is 3. The number of nitrogens with zero attached hydrogens (tertiary/aromatic N) is 1. The van der Waals surface area contributed by atoms with Gasteiger partial charge >= 0.3 is 11.4 Å². The molecule has 1 atom stereocenters. The molecule has 0 aromatic carbocycles. The second-order valence-electron chi connectivity index (χ2n) is 3.44. The predicted molar refractivity (Wildman–Crippen MR) is 61.6 cm³/mol. The fourth-order valence-corrected chi connectivity index (χ4v) is 1.77. The molecule has 0 saturated carbocycles. The van der Waals surface area contributed by atoms with Crippen LogP contribution in [-0.4, -0.2) is 9.90 Å². The van der Waals surface area contributed by atoms with Gasteiger partial charge in [-0.15, -0.1) is 0 Å². The topological polar surface area (TPSA) is 52.2 Å². The molecule has 0 aliphatic heterocycles. The first-order valence-electron chi connectivity index (χ1n) is 4.93. The maximum absolute atomic E-state index is 11.3. The minimum absolute atomic E-state index is 0.0703. The van der Waals surface area contributed by atoms with E-state index < -0.39 is 11.4 Å². The molecule has 84 valence electrons. The van der Waals surface area contributed by atoms with Crippen molar-refractivity contribution in [2.75, 3.05) is 5.33 Å². The zero-order valence-corrected chi connectivity index (χ0v) is 10.2. The summed E-state index contributed by atoms with van der Waals surface area (Å²) in [6, 6.07) is 1.34. The summed E-state index contributed by atoms with van der Waals surface area (Å²) in [7, 11) is 0. The Hall–Kier alpha value is -0.840. The van der Waals surface area contributed by atoms with Crippen LogP contribution in [0.3, 0.4) is 0 Å². The Balaban J connectivity index is 2.69. The van der Waals surface area contributed by atoms with Gasteiger partial charge in [-0.05, 0) is 19.8 Å². The minimum atomic E-state index is -0.594. The first kappa shape index (κ1) is 12.2. The molecule has 1 heterocycles. The number of alkyl halides is 1. The Morgan fingerprint density at radius 2 is 2.20 bits per heavy atom. The van der Waals surface area contributed by atoms with Crippen LogP contribution in [0.5, 0.6) is 0 Å². The fraction of sp³-hybridized carbons (Fsp3) is 0.600. The van der Waals surface area contributed by atoms with Gasteiger partial charge in [0.05, 0.1) is 0 Å².